The number of carbonyl (C=O) groups excluding carboxylic acids is 1. The molecular weight excluding hydrogens is 451 g/mol. The van der Waals surface area contributed by atoms with Crippen molar-refractivity contribution in [2.75, 3.05) is 48.8 Å². The summed E-state index contributed by atoms with van der Waals surface area (Å²) in [6.07, 6.45) is 2.98. The Morgan fingerprint density at radius 3 is 2.47 bits per heavy atom. The first kappa shape index (κ1) is 23.5. The largest absolute Gasteiger partial charge is 0.369 e. The van der Waals surface area contributed by atoms with E-state index in [0.29, 0.717) is 22.5 Å². The highest BCUT2D eigenvalue weighted by Gasteiger charge is 2.15. The van der Waals surface area contributed by atoms with Crippen molar-refractivity contribution in [3.63, 3.8) is 0 Å². The molecule has 32 heavy (non-hydrogen) atoms. The number of nitrogens with two attached hydrogens (primary N) is 1. The Hall–Kier alpha value is -3.14. The minimum Gasteiger partial charge on any atom is -0.369 e. The normalized spacial score (nSPS) is 13.9. The van der Waals surface area contributed by atoms with Crippen LogP contribution in [0.2, 0.25) is 5.02 Å². The lowest BCUT2D eigenvalue weighted by atomic mass is 10.2. The third-order valence-corrected chi connectivity index (χ3v) is 5.31. The van der Waals surface area contributed by atoms with Gasteiger partial charge in [0.05, 0.1) is 11.9 Å². The fourth-order valence-corrected chi connectivity index (χ4v) is 3.43. The number of aromatic nitrogens is 3. The molecule has 0 unspecified atom stereocenters. The molecule has 4 rings (SSSR count). The van der Waals surface area contributed by atoms with Gasteiger partial charge in [0.15, 0.2) is 11.5 Å². The number of nitrogens with one attached hydrogen (secondary N) is 2. The third kappa shape index (κ3) is 5.56. The monoisotopic (exact) mass is 474 g/mol. The van der Waals surface area contributed by atoms with Crippen molar-refractivity contribution < 1.29 is 4.79 Å². The summed E-state index contributed by atoms with van der Waals surface area (Å²) in [5.41, 5.74) is 7.94. The van der Waals surface area contributed by atoms with Crippen LogP contribution >= 0.6 is 24.0 Å². The predicted octanol–water partition coefficient (Wildman–Crippen LogP) is 3.28. The number of primary amides is 1. The van der Waals surface area contributed by atoms with Crippen LogP contribution in [0.3, 0.4) is 0 Å². The van der Waals surface area contributed by atoms with Gasteiger partial charge < -0.3 is 26.2 Å². The van der Waals surface area contributed by atoms with Gasteiger partial charge in [-0.1, -0.05) is 11.6 Å². The van der Waals surface area contributed by atoms with Gasteiger partial charge in [-0.05, 0) is 43.4 Å². The number of halogens is 2. The highest BCUT2D eigenvalue weighted by atomic mass is 35.5. The fourth-order valence-electron chi connectivity index (χ4n) is 3.29. The summed E-state index contributed by atoms with van der Waals surface area (Å²) < 4.78 is 0. The summed E-state index contributed by atoms with van der Waals surface area (Å²) >= 11 is 6.24. The predicted molar refractivity (Wildman–Crippen MR) is 130 cm³/mol. The zero-order valence-corrected chi connectivity index (χ0v) is 19.0. The van der Waals surface area contributed by atoms with Crippen LogP contribution in [-0.2, 0) is 0 Å². The Labute approximate surface area is 197 Å². The van der Waals surface area contributed by atoms with Crippen LogP contribution in [0, 0.1) is 0 Å². The van der Waals surface area contributed by atoms with Crippen LogP contribution in [0.1, 0.15) is 10.5 Å². The molecule has 11 heteroatoms. The number of pyridine rings is 1. The molecule has 168 valence electrons. The lowest BCUT2D eigenvalue weighted by molar-refractivity contribution is 0.0996. The van der Waals surface area contributed by atoms with E-state index in [4.69, 9.17) is 17.3 Å². The number of hydrogen-bond acceptors (Lipinski definition) is 8. The number of piperazine rings is 1. The second kappa shape index (κ2) is 10.4. The molecule has 0 radical (unpaired) electrons. The van der Waals surface area contributed by atoms with E-state index in [1.807, 2.05) is 12.1 Å². The van der Waals surface area contributed by atoms with Crippen LogP contribution in [0.5, 0.6) is 0 Å². The SMILES string of the molecule is CN1CCN(c2ccc(Nc3ncc(Cl)c(Nc4cccnc4C(N)=O)n3)cc2)CC1.Cl. The number of rotatable bonds is 6. The smallest absolute Gasteiger partial charge is 0.269 e. The first-order valence-corrected chi connectivity index (χ1v) is 10.2. The molecule has 9 nitrogen and oxygen atoms in total. The van der Waals surface area contributed by atoms with Crippen molar-refractivity contribution in [3.8, 4) is 0 Å². The van der Waals surface area contributed by atoms with Gasteiger partial charge in [0.25, 0.3) is 5.91 Å². The number of nitrogens with zero attached hydrogens (tertiary/aromatic N) is 5. The topological polar surface area (TPSA) is 112 Å². The van der Waals surface area contributed by atoms with E-state index in [0.717, 1.165) is 31.9 Å². The minimum absolute atomic E-state index is 0. The summed E-state index contributed by atoms with van der Waals surface area (Å²) in [6.45, 7) is 4.14. The molecule has 0 atom stereocenters. The molecule has 1 aliphatic rings. The third-order valence-electron chi connectivity index (χ3n) is 5.03. The molecule has 0 bridgehead atoms. The lowest BCUT2D eigenvalue weighted by Gasteiger charge is -2.34. The quantitative estimate of drug-likeness (QED) is 0.498. The molecule has 3 aromatic rings. The van der Waals surface area contributed by atoms with Crippen LogP contribution < -0.4 is 21.3 Å². The molecule has 1 amide bonds. The number of hydrogen-bond donors (Lipinski definition) is 3. The van der Waals surface area contributed by atoms with Crippen molar-refractivity contribution in [2.45, 2.75) is 0 Å². The summed E-state index contributed by atoms with van der Waals surface area (Å²) in [5, 5.41) is 6.49. The Morgan fingerprint density at radius 2 is 1.78 bits per heavy atom. The van der Waals surface area contributed by atoms with Crippen molar-refractivity contribution >= 4 is 58.7 Å². The second-order valence-electron chi connectivity index (χ2n) is 7.24. The van der Waals surface area contributed by atoms with Gasteiger partial charge >= 0.3 is 0 Å². The van der Waals surface area contributed by atoms with Crippen LogP contribution in [-0.4, -0.2) is 59.0 Å². The Balaban J connectivity index is 0.00000289. The lowest BCUT2D eigenvalue weighted by Crippen LogP contribution is -2.44. The van der Waals surface area contributed by atoms with E-state index in [2.05, 4.69) is 54.6 Å². The van der Waals surface area contributed by atoms with Crippen molar-refractivity contribution in [1.29, 1.82) is 0 Å². The van der Waals surface area contributed by atoms with E-state index in [1.54, 1.807) is 12.1 Å². The van der Waals surface area contributed by atoms with Gasteiger partial charge in [-0.3, -0.25) is 4.79 Å². The number of benzene rings is 1. The first-order chi connectivity index (χ1) is 15.0. The molecule has 1 saturated heterocycles. The Kier molecular flexibility index (Phi) is 7.68. The van der Waals surface area contributed by atoms with Gasteiger partial charge in [-0.2, -0.15) is 4.98 Å². The second-order valence-corrected chi connectivity index (χ2v) is 7.65. The van der Waals surface area contributed by atoms with Gasteiger partial charge in [0.2, 0.25) is 5.95 Å². The molecule has 0 saturated carbocycles. The van der Waals surface area contributed by atoms with E-state index < -0.39 is 5.91 Å². The number of amides is 1. The molecular formula is C21H24Cl2N8O. The summed E-state index contributed by atoms with van der Waals surface area (Å²) in [4.78, 5) is 29.0. The van der Waals surface area contributed by atoms with Gasteiger partial charge in [0, 0.05) is 43.8 Å². The molecule has 1 aliphatic heterocycles. The van der Waals surface area contributed by atoms with Crippen LogP contribution in [0.15, 0.2) is 48.8 Å². The number of carbonyl (C=O) groups is 1. The fraction of sp³-hybridized carbons (Fsp3) is 0.238. The average Bonchev–Trinajstić information content (AvgIpc) is 2.77. The van der Waals surface area contributed by atoms with Crippen molar-refractivity contribution in [1.82, 2.24) is 19.9 Å². The number of anilines is 5. The van der Waals surface area contributed by atoms with E-state index in [1.165, 1.54) is 18.1 Å². The molecule has 4 N–H and O–H groups in total. The van der Waals surface area contributed by atoms with Gasteiger partial charge in [-0.25, -0.2) is 9.97 Å². The molecule has 1 aromatic carbocycles. The maximum Gasteiger partial charge on any atom is 0.269 e. The average molecular weight is 475 g/mol. The van der Waals surface area contributed by atoms with E-state index >= 15 is 0 Å². The summed E-state index contributed by atoms with van der Waals surface area (Å²) in [5.74, 6) is 0.0551. The standard InChI is InChI=1S/C21H23ClN8O.ClH/c1-29-9-11-30(12-10-29)15-6-4-14(5-7-15)26-21-25-13-16(22)20(28-21)27-17-3-2-8-24-18(17)19(23)31;/h2-8,13H,9-12H2,1H3,(H2,23,31)(H2,25,26,27,28);1H. The molecule has 2 aromatic heterocycles. The highest BCUT2D eigenvalue weighted by molar-refractivity contribution is 6.33. The van der Waals surface area contributed by atoms with E-state index in [-0.39, 0.29) is 18.1 Å². The zero-order chi connectivity index (χ0) is 21.8. The number of likely N-dealkylation sites (N-methyl/N-ethyl adjacent to an activating group) is 1. The molecule has 0 spiro atoms. The van der Waals surface area contributed by atoms with Gasteiger partial charge in [-0.15, -0.1) is 12.4 Å². The maximum atomic E-state index is 11.6. The maximum absolute atomic E-state index is 11.6. The van der Waals surface area contributed by atoms with Crippen molar-refractivity contribution in [2.24, 2.45) is 5.73 Å². The van der Waals surface area contributed by atoms with Crippen LogP contribution in [0.4, 0.5) is 28.8 Å². The Bertz CT molecular complexity index is 1070. The highest BCUT2D eigenvalue weighted by Crippen LogP contribution is 2.26. The first-order valence-electron chi connectivity index (χ1n) is 9.84. The molecule has 0 aliphatic carbocycles. The molecule has 3 heterocycles. The van der Waals surface area contributed by atoms with Crippen LogP contribution in [0.25, 0.3) is 0 Å². The minimum atomic E-state index is -0.646. The van der Waals surface area contributed by atoms with Crippen molar-refractivity contribution in [3.05, 3.63) is 59.5 Å². The zero-order valence-electron chi connectivity index (χ0n) is 17.5. The van der Waals surface area contributed by atoms with E-state index in [9.17, 15) is 4.79 Å². The summed E-state index contributed by atoms with van der Waals surface area (Å²) in [6, 6.07) is 11.5. The summed E-state index contributed by atoms with van der Waals surface area (Å²) in [7, 11) is 2.14. The Morgan fingerprint density at radius 1 is 1.06 bits per heavy atom. The molecule has 1 fully saturated rings. The van der Waals surface area contributed by atoms with Gasteiger partial charge in [0.1, 0.15) is 5.02 Å².